The Hall–Kier alpha value is -2.70. The first-order chi connectivity index (χ1) is 15.1. The van der Waals surface area contributed by atoms with E-state index in [9.17, 15) is 9.59 Å². The molecule has 0 bridgehead atoms. The largest absolute Gasteiger partial charge is 0.324 e. The average Bonchev–Trinajstić information content (AvgIpc) is 2.73. The van der Waals surface area contributed by atoms with Crippen LogP contribution in [0.15, 0.2) is 36.4 Å². The van der Waals surface area contributed by atoms with Gasteiger partial charge in [-0.2, -0.15) is 0 Å². The predicted octanol–water partition coefficient (Wildman–Crippen LogP) is 4.14. The van der Waals surface area contributed by atoms with E-state index in [0.717, 1.165) is 33.6 Å². The van der Waals surface area contributed by atoms with E-state index in [1.807, 2.05) is 102 Å². The molecular weight excluding hydrogens is 400 g/mol. The third-order valence-corrected chi connectivity index (χ3v) is 6.06. The molecule has 2 unspecified atom stereocenters. The van der Waals surface area contributed by atoms with Crippen molar-refractivity contribution in [1.29, 1.82) is 0 Å². The van der Waals surface area contributed by atoms with Gasteiger partial charge < -0.3 is 10.6 Å². The second-order valence-electron chi connectivity index (χ2n) is 8.59. The molecule has 174 valence electrons. The highest BCUT2D eigenvalue weighted by Crippen LogP contribution is 2.23. The van der Waals surface area contributed by atoms with Crippen molar-refractivity contribution in [3.05, 3.63) is 58.7 Å². The van der Waals surface area contributed by atoms with E-state index in [2.05, 4.69) is 10.6 Å². The number of hydrogen-bond acceptors (Lipinski definition) is 4. The van der Waals surface area contributed by atoms with Crippen LogP contribution in [0.1, 0.15) is 36.1 Å². The van der Waals surface area contributed by atoms with Gasteiger partial charge >= 0.3 is 0 Å². The van der Waals surface area contributed by atoms with Crippen molar-refractivity contribution in [3.63, 3.8) is 0 Å². The van der Waals surface area contributed by atoms with Crippen molar-refractivity contribution in [2.75, 3.05) is 37.8 Å². The summed E-state index contributed by atoms with van der Waals surface area (Å²) in [6.07, 6.45) is 0. The second-order valence-corrected chi connectivity index (χ2v) is 8.59. The maximum Gasteiger partial charge on any atom is 0.243 e. The molecule has 2 atom stereocenters. The van der Waals surface area contributed by atoms with Crippen LogP contribution in [0.25, 0.3) is 0 Å². The van der Waals surface area contributed by atoms with E-state index >= 15 is 0 Å². The Morgan fingerprint density at radius 2 is 1.06 bits per heavy atom. The Bertz CT molecular complexity index is 910. The molecular formula is C26H38N4O2. The Morgan fingerprint density at radius 3 is 1.38 bits per heavy atom. The summed E-state index contributed by atoms with van der Waals surface area (Å²) < 4.78 is 0. The molecule has 0 radical (unpaired) electrons. The first-order valence-corrected chi connectivity index (χ1v) is 11.3. The zero-order valence-corrected chi connectivity index (χ0v) is 20.7. The van der Waals surface area contributed by atoms with Crippen LogP contribution in [-0.2, 0) is 9.59 Å². The van der Waals surface area contributed by atoms with E-state index < -0.39 is 12.1 Å². The molecule has 0 fully saturated rings. The first-order valence-electron chi connectivity index (χ1n) is 11.3. The lowest BCUT2D eigenvalue weighted by atomic mass is 10.0. The van der Waals surface area contributed by atoms with E-state index in [4.69, 9.17) is 0 Å². The molecule has 0 saturated heterocycles. The molecule has 2 aromatic carbocycles. The molecule has 2 aromatic rings. The Morgan fingerprint density at radius 1 is 0.719 bits per heavy atom. The van der Waals surface area contributed by atoms with Gasteiger partial charge in [-0.3, -0.25) is 19.4 Å². The predicted molar refractivity (Wildman–Crippen MR) is 133 cm³/mol. The van der Waals surface area contributed by atoms with Gasteiger partial charge in [-0.15, -0.1) is 0 Å². The van der Waals surface area contributed by atoms with Crippen LogP contribution in [0.3, 0.4) is 0 Å². The van der Waals surface area contributed by atoms with Gasteiger partial charge in [-0.1, -0.05) is 50.2 Å². The topological polar surface area (TPSA) is 64.7 Å². The highest BCUT2D eigenvalue weighted by Gasteiger charge is 2.39. The summed E-state index contributed by atoms with van der Waals surface area (Å²) in [5.41, 5.74) is 5.60. The number of hydrogen-bond donors (Lipinski definition) is 2. The van der Waals surface area contributed by atoms with Crippen LogP contribution in [0, 0.1) is 27.7 Å². The van der Waals surface area contributed by atoms with Crippen LogP contribution in [0.2, 0.25) is 0 Å². The molecule has 0 aliphatic rings. The highest BCUT2D eigenvalue weighted by molar-refractivity contribution is 6.04. The molecule has 6 nitrogen and oxygen atoms in total. The number of benzene rings is 2. The lowest BCUT2D eigenvalue weighted by Crippen LogP contribution is -2.60. The number of para-hydroxylation sites is 2. The molecule has 0 aromatic heterocycles. The maximum atomic E-state index is 13.7. The maximum absolute atomic E-state index is 13.7. The van der Waals surface area contributed by atoms with Crippen LogP contribution in [-0.4, -0.2) is 60.9 Å². The molecule has 6 heteroatoms. The number of aryl methyl sites for hydroxylation is 4. The van der Waals surface area contributed by atoms with Crippen molar-refractivity contribution in [1.82, 2.24) is 9.80 Å². The number of amides is 2. The van der Waals surface area contributed by atoms with Crippen LogP contribution >= 0.6 is 0 Å². The summed E-state index contributed by atoms with van der Waals surface area (Å²) in [4.78, 5) is 31.1. The molecule has 0 saturated carbocycles. The number of carbonyl (C=O) groups is 2. The fourth-order valence-electron chi connectivity index (χ4n) is 4.20. The van der Waals surface area contributed by atoms with E-state index in [0.29, 0.717) is 13.1 Å². The summed E-state index contributed by atoms with van der Waals surface area (Å²) in [6.45, 7) is 13.2. The Kier molecular flexibility index (Phi) is 8.99. The van der Waals surface area contributed by atoms with Crippen molar-refractivity contribution in [2.45, 2.75) is 53.6 Å². The minimum atomic E-state index is -0.668. The SMILES string of the molecule is CCN(CC)C(C(=O)Nc1c(C)cccc1C)C(C(=O)Nc1c(C)cccc1C)N(C)C. The van der Waals surface area contributed by atoms with Crippen molar-refractivity contribution in [3.8, 4) is 0 Å². The summed E-state index contributed by atoms with van der Waals surface area (Å²) in [5, 5.41) is 6.21. The summed E-state index contributed by atoms with van der Waals surface area (Å²) >= 11 is 0. The fourth-order valence-corrected chi connectivity index (χ4v) is 4.20. The number of likely N-dealkylation sites (N-methyl/N-ethyl adjacent to an activating group) is 2. The van der Waals surface area contributed by atoms with Gasteiger partial charge in [0.25, 0.3) is 0 Å². The zero-order valence-electron chi connectivity index (χ0n) is 20.7. The van der Waals surface area contributed by atoms with Crippen molar-refractivity contribution < 1.29 is 9.59 Å². The highest BCUT2D eigenvalue weighted by atomic mass is 16.2. The van der Waals surface area contributed by atoms with Crippen molar-refractivity contribution >= 4 is 23.2 Å². The third-order valence-electron chi connectivity index (χ3n) is 6.06. The Balaban J connectivity index is 2.44. The van der Waals surface area contributed by atoms with E-state index in [1.54, 1.807) is 0 Å². The molecule has 2 rings (SSSR count). The van der Waals surface area contributed by atoms with Crippen LogP contribution in [0.5, 0.6) is 0 Å². The minimum absolute atomic E-state index is 0.179. The zero-order chi connectivity index (χ0) is 24.0. The normalized spacial score (nSPS) is 13.2. The summed E-state index contributed by atoms with van der Waals surface area (Å²) in [5.74, 6) is -0.373. The van der Waals surface area contributed by atoms with Gasteiger partial charge in [0.2, 0.25) is 11.8 Å². The van der Waals surface area contributed by atoms with Crippen LogP contribution < -0.4 is 10.6 Å². The summed E-state index contributed by atoms with van der Waals surface area (Å²) in [6, 6.07) is 10.5. The smallest absolute Gasteiger partial charge is 0.243 e. The Labute approximate surface area is 193 Å². The lowest BCUT2D eigenvalue weighted by Gasteiger charge is -2.37. The van der Waals surface area contributed by atoms with E-state index in [1.165, 1.54) is 0 Å². The molecule has 2 amide bonds. The molecule has 0 heterocycles. The number of nitrogens with zero attached hydrogens (tertiary/aromatic N) is 2. The number of nitrogens with one attached hydrogen (secondary N) is 2. The van der Waals surface area contributed by atoms with Gasteiger partial charge in [-0.05, 0) is 77.1 Å². The number of anilines is 2. The average molecular weight is 439 g/mol. The molecule has 0 spiro atoms. The first kappa shape index (κ1) is 25.6. The summed E-state index contributed by atoms with van der Waals surface area (Å²) in [7, 11) is 3.69. The van der Waals surface area contributed by atoms with Gasteiger partial charge in [0, 0.05) is 11.4 Å². The monoisotopic (exact) mass is 438 g/mol. The lowest BCUT2D eigenvalue weighted by molar-refractivity contribution is -0.131. The van der Waals surface area contributed by atoms with Crippen LogP contribution in [0.4, 0.5) is 11.4 Å². The molecule has 0 aliphatic carbocycles. The third kappa shape index (κ3) is 5.75. The second kappa shape index (κ2) is 11.2. The van der Waals surface area contributed by atoms with Gasteiger partial charge in [-0.25, -0.2) is 0 Å². The van der Waals surface area contributed by atoms with E-state index in [-0.39, 0.29) is 11.8 Å². The van der Waals surface area contributed by atoms with Gasteiger partial charge in [0.1, 0.15) is 12.1 Å². The quantitative estimate of drug-likeness (QED) is 0.618. The number of carbonyl (C=O) groups excluding carboxylic acids is 2. The van der Waals surface area contributed by atoms with Gasteiger partial charge in [0.05, 0.1) is 0 Å². The minimum Gasteiger partial charge on any atom is -0.324 e. The standard InChI is InChI=1S/C26H38N4O2/c1-9-30(10-2)24(26(32)28-22-19(5)15-12-16-20(22)6)23(29(7)8)25(31)27-21-17(3)13-11-14-18(21)4/h11-16,23-24H,9-10H2,1-8H3,(H,27,31)(H,28,32). The molecule has 0 aliphatic heterocycles. The molecule has 32 heavy (non-hydrogen) atoms. The number of rotatable bonds is 9. The van der Waals surface area contributed by atoms with Crippen molar-refractivity contribution in [2.24, 2.45) is 0 Å². The fraction of sp³-hybridized carbons (Fsp3) is 0.462. The van der Waals surface area contributed by atoms with Gasteiger partial charge in [0.15, 0.2) is 0 Å². The molecule has 2 N–H and O–H groups in total.